The van der Waals surface area contributed by atoms with Gasteiger partial charge in [0.05, 0.1) is 0 Å². The molecule has 3 nitrogen and oxygen atoms in total. The average Bonchev–Trinajstić information content (AvgIpc) is 2.84. The lowest BCUT2D eigenvalue weighted by Gasteiger charge is -2.14. The van der Waals surface area contributed by atoms with Crippen LogP contribution in [0.3, 0.4) is 0 Å². The Bertz CT molecular complexity index is 287. The number of hydrogen-bond donors (Lipinski definition) is 1. The molecular weight excluding hydrogens is 186 g/mol. The van der Waals surface area contributed by atoms with Crippen LogP contribution < -0.4 is 5.32 Å². The Morgan fingerprint density at radius 1 is 1.33 bits per heavy atom. The summed E-state index contributed by atoms with van der Waals surface area (Å²) in [6, 6.07) is 2.17. The third-order valence-electron chi connectivity index (χ3n) is 3.03. The van der Waals surface area contributed by atoms with Gasteiger partial charge in [0.15, 0.2) is 0 Å². The molecule has 3 heteroatoms. The van der Waals surface area contributed by atoms with E-state index in [0.717, 1.165) is 13.1 Å². The van der Waals surface area contributed by atoms with Crippen LogP contribution in [-0.4, -0.2) is 35.6 Å². The van der Waals surface area contributed by atoms with Crippen molar-refractivity contribution in [1.82, 2.24) is 14.8 Å². The SMILES string of the molecule is Cn1ccc(CNCCN2CCCC2)c1. The highest BCUT2D eigenvalue weighted by molar-refractivity contribution is 5.09. The van der Waals surface area contributed by atoms with Gasteiger partial charge in [-0.1, -0.05) is 0 Å². The second-order valence-corrected chi connectivity index (χ2v) is 4.41. The predicted octanol–water partition coefficient (Wildman–Crippen LogP) is 1.21. The predicted molar refractivity (Wildman–Crippen MR) is 62.8 cm³/mol. The van der Waals surface area contributed by atoms with Crippen molar-refractivity contribution in [3.8, 4) is 0 Å². The summed E-state index contributed by atoms with van der Waals surface area (Å²) in [7, 11) is 2.06. The van der Waals surface area contributed by atoms with E-state index < -0.39 is 0 Å². The van der Waals surface area contributed by atoms with E-state index >= 15 is 0 Å². The number of likely N-dealkylation sites (tertiary alicyclic amines) is 1. The molecule has 0 unspecified atom stereocenters. The maximum atomic E-state index is 3.49. The highest BCUT2D eigenvalue weighted by atomic mass is 15.1. The van der Waals surface area contributed by atoms with Gasteiger partial charge in [0.1, 0.15) is 0 Å². The molecule has 2 heterocycles. The van der Waals surface area contributed by atoms with Crippen molar-refractivity contribution in [2.45, 2.75) is 19.4 Å². The van der Waals surface area contributed by atoms with E-state index in [1.54, 1.807) is 0 Å². The third-order valence-corrected chi connectivity index (χ3v) is 3.03. The second-order valence-electron chi connectivity index (χ2n) is 4.41. The Morgan fingerprint density at radius 3 is 2.80 bits per heavy atom. The molecule has 2 rings (SSSR count). The van der Waals surface area contributed by atoms with Gasteiger partial charge in [-0.2, -0.15) is 0 Å². The molecule has 84 valence electrons. The minimum atomic E-state index is 0.995. The summed E-state index contributed by atoms with van der Waals surface area (Å²) in [5.74, 6) is 0. The van der Waals surface area contributed by atoms with Gasteiger partial charge < -0.3 is 14.8 Å². The van der Waals surface area contributed by atoms with E-state index in [-0.39, 0.29) is 0 Å². The molecule has 0 spiro atoms. The van der Waals surface area contributed by atoms with E-state index in [2.05, 4.69) is 40.3 Å². The minimum absolute atomic E-state index is 0.995. The zero-order chi connectivity index (χ0) is 10.5. The molecule has 1 aromatic rings. The Hall–Kier alpha value is -0.800. The molecular formula is C12H21N3. The molecule has 1 aromatic heterocycles. The maximum absolute atomic E-state index is 3.49. The van der Waals surface area contributed by atoms with Gasteiger partial charge in [-0.05, 0) is 37.6 Å². The van der Waals surface area contributed by atoms with Crippen LogP contribution >= 0.6 is 0 Å². The van der Waals surface area contributed by atoms with Crippen molar-refractivity contribution in [1.29, 1.82) is 0 Å². The maximum Gasteiger partial charge on any atom is 0.0221 e. The summed E-state index contributed by atoms with van der Waals surface area (Å²) in [6.45, 7) is 5.90. The lowest BCUT2D eigenvalue weighted by Crippen LogP contribution is -2.29. The summed E-state index contributed by atoms with van der Waals surface area (Å²) >= 11 is 0. The molecule has 0 aromatic carbocycles. The Kier molecular flexibility index (Phi) is 3.80. The largest absolute Gasteiger partial charge is 0.357 e. The quantitative estimate of drug-likeness (QED) is 0.732. The van der Waals surface area contributed by atoms with E-state index in [1.807, 2.05) is 0 Å². The summed E-state index contributed by atoms with van der Waals surface area (Å²) in [6.07, 6.45) is 7.04. The lowest BCUT2D eigenvalue weighted by molar-refractivity contribution is 0.335. The molecule has 1 N–H and O–H groups in total. The van der Waals surface area contributed by atoms with Crippen molar-refractivity contribution in [3.05, 3.63) is 24.0 Å². The smallest absolute Gasteiger partial charge is 0.0221 e. The standard InChI is InChI=1S/C12H21N3/c1-14-8-4-12(11-14)10-13-5-9-15-6-2-3-7-15/h4,8,11,13H,2-3,5-7,9-10H2,1H3. The number of aryl methyl sites for hydroxylation is 1. The molecule has 0 radical (unpaired) electrons. The van der Waals surface area contributed by atoms with E-state index in [0.29, 0.717) is 0 Å². The fourth-order valence-corrected chi connectivity index (χ4v) is 2.14. The molecule has 1 aliphatic heterocycles. The second kappa shape index (κ2) is 5.33. The first-order valence-electron chi connectivity index (χ1n) is 5.88. The molecule has 0 saturated carbocycles. The van der Waals surface area contributed by atoms with Crippen LogP contribution in [0.5, 0.6) is 0 Å². The van der Waals surface area contributed by atoms with Crippen molar-refractivity contribution >= 4 is 0 Å². The fraction of sp³-hybridized carbons (Fsp3) is 0.667. The molecule has 0 aliphatic carbocycles. The first-order valence-corrected chi connectivity index (χ1v) is 5.88. The van der Waals surface area contributed by atoms with Crippen LogP contribution in [0.4, 0.5) is 0 Å². The zero-order valence-corrected chi connectivity index (χ0v) is 9.58. The highest BCUT2D eigenvalue weighted by Crippen LogP contribution is 2.05. The molecule has 0 atom stereocenters. The Labute approximate surface area is 92.1 Å². The zero-order valence-electron chi connectivity index (χ0n) is 9.58. The molecule has 1 fully saturated rings. The van der Waals surface area contributed by atoms with Gasteiger partial charge in [-0.25, -0.2) is 0 Å². The number of nitrogens with zero attached hydrogens (tertiary/aromatic N) is 2. The van der Waals surface area contributed by atoms with Crippen molar-refractivity contribution in [2.24, 2.45) is 7.05 Å². The molecule has 1 aliphatic rings. The lowest BCUT2D eigenvalue weighted by atomic mass is 10.3. The first kappa shape index (κ1) is 10.7. The molecule has 0 bridgehead atoms. The summed E-state index contributed by atoms with van der Waals surface area (Å²) in [5, 5.41) is 3.49. The Balaban J connectivity index is 1.58. The van der Waals surface area contributed by atoms with Crippen molar-refractivity contribution < 1.29 is 0 Å². The number of aromatic nitrogens is 1. The van der Waals surface area contributed by atoms with E-state index in [9.17, 15) is 0 Å². The van der Waals surface area contributed by atoms with Gasteiger partial charge in [-0.3, -0.25) is 0 Å². The first-order chi connectivity index (χ1) is 7.34. The van der Waals surface area contributed by atoms with Crippen LogP contribution in [0.2, 0.25) is 0 Å². The Morgan fingerprint density at radius 2 is 2.13 bits per heavy atom. The fourth-order valence-electron chi connectivity index (χ4n) is 2.14. The number of hydrogen-bond acceptors (Lipinski definition) is 2. The third kappa shape index (κ3) is 3.36. The van der Waals surface area contributed by atoms with Crippen molar-refractivity contribution in [3.63, 3.8) is 0 Å². The van der Waals surface area contributed by atoms with Crippen LogP contribution in [-0.2, 0) is 13.6 Å². The van der Waals surface area contributed by atoms with Crippen molar-refractivity contribution in [2.75, 3.05) is 26.2 Å². The van der Waals surface area contributed by atoms with E-state index in [1.165, 1.54) is 38.0 Å². The van der Waals surface area contributed by atoms with Crippen LogP contribution in [0, 0.1) is 0 Å². The van der Waals surface area contributed by atoms with E-state index in [4.69, 9.17) is 0 Å². The molecule has 1 saturated heterocycles. The summed E-state index contributed by atoms with van der Waals surface area (Å²) in [4.78, 5) is 2.54. The molecule has 0 amide bonds. The van der Waals surface area contributed by atoms with Crippen LogP contribution in [0.1, 0.15) is 18.4 Å². The average molecular weight is 207 g/mol. The number of rotatable bonds is 5. The van der Waals surface area contributed by atoms with Gasteiger partial charge in [0.25, 0.3) is 0 Å². The highest BCUT2D eigenvalue weighted by Gasteiger charge is 2.09. The number of nitrogens with one attached hydrogen (secondary N) is 1. The normalized spacial score (nSPS) is 17.4. The monoisotopic (exact) mass is 207 g/mol. The van der Waals surface area contributed by atoms with Gasteiger partial charge in [0.2, 0.25) is 0 Å². The van der Waals surface area contributed by atoms with Crippen LogP contribution in [0.15, 0.2) is 18.5 Å². The minimum Gasteiger partial charge on any atom is -0.357 e. The van der Waals surface area contributed by atoms with Gasteiger partial charge in [0, 0.05) is 39.1 Å². The summed E-state index contributed by atoms with van der Waals surface area (Å²) < 4.78 is 2.09. The van der Waals surface area contributed by atoms with Gasteiger partial charge >= 0.3 is 0 Å². The van der Waals surface area contributed by atoms with Gasteiger partial charge in [-0.15, -0.1) is 0 Å². The molecule has 15 heavy (non-hydrogen) atoms. The summed E-state index contributed by atoms with van der Waals surface area (Å²) in [5.41, 5.74) is 1.37. The topological polar surface area (TPSA) is 20.2 Å². The van der Waals surface area contributed by atoms with Crippen LogP contribution in [0.25, 0.3) is 0 Å².